The van der Waals surface area contributed by atoms with Crippen molar-refractivity contribution in [3.05, 3.63) is 73.8 Å². The lowest BCUT2D eigenvalue weighted by Gasteiger charge is -2.07. The van der Waals surface area contributed by atoms with Crippen LogP contribution in [0.5, 0.6) is 5.75 Å². The lowest BCUT2D eigenvalue weighted by Crippen LogP contribution is -2.18. The molecule has 0 saturated heterocycles. The van der Waals surface area contributed by atoms with Gasteiger partial charge in [-0.2, -0.15) is 10.4 Å². The number of benzene rings is 1. The van der Waals surface area contributed by atoms with E-state index in [9.17, 15) is 20.2 Å². The van der Waals surface area contributed by atoms with Gasteiger partial charge in [0.1, 0.15) is 23.1 Å². The fraction of sp³-hybridized carbons (Fsp3) is 0.227. The molecule has 3 aromatic rings. The van der Waals surface area contributed by atoms with Crippen LogP contribution in [-0.4, -0.2) is 28.7 Å². The van der Waals surface area contributed by atoms with E-state index in [4.69, 9.17) is 9.15 Å². The number of carbonyl (C=O) groups excluding carboxylic acids is 1. The normalized spacial score (nSPS) is 10.9. The Morgan fingerprint density at radius 2 is 2.03 bits per heavy atom. The van der Waals surface area contributed by atoms with Crippen molar-refractivity contribution in [1.82, 2.24) is 9.99 Å². The predicted octanol–water partition coefficient (Wildman–Crippen LogP) is 3.86. The molecule has 10 nitrogen and oxygen atoms in total. The summed E-state index contributed by atoms with van der Waals surface area (Å²) in [5.41, 5.74) is 5.64. The van der Waals surface area contributed by atoms with Gasteiger partial charge in [0.25, 0.3) is 11.6 Å². The summed E-state index contributed by atoms with van der Waals surface area (Å²) < 4.78 is 12.7. The van der Waals surface area contributed by atoms with Crippen LogP contribution in [0.3, 0.4) is 0 Å². The van der Waals surface area contributed by atoms with Crippen LogP contribution in [0.4, 0.5) is 5.69 Å². The third-order valence-corrected chi connectivity index (χ3v) is 5.16. The number of amides is 1. The molecule has 0 aliphatic carbocycles. The molecule has 0 unspecified atom stereocenters. The van der Waals surface area contributed by atoms with E-state index in [1.54, 1.807) is 6.92 Å². The molecule has 0 aliphatic heterocycles. The Morgan fingerprint density at radius 1 is 1.31 bits per heavy atom. The number of nitriles is 1. The molecular formula is C22H21N5O5. The number of non-ortho nitro benzene ring substituents is 1. The van der Waals surface area contributed by atoms with E-state index < -0.39 is 10.8 Å². The number of hydrogen-bond acceptors (Lipinski definition) is 7. The van der Waals surface area contributed by atoms with Gasteiger partial charge in [-0.3, -0.25) is 19.5 Å². The number of nitrogens with one attached hydrogen (secondary N) is 1. The summed E-state index contributed by atoms with van der Waals surface area (Å²) in [4.78, 5) is 22.9. The lowest BCUT2D eigenvalue weighted by atomic mass is 10.1. The summed E-state index contributed by atoms with van der Waals surface area (Å²) in [6.45, 7) is 7.34. The van der Waals surface area contributed by atoms with Crippen LogP contribution >= 0.6 is 0 Å². The number of nitro groups is 1. The molecule has 164 valence electrons. The Morgan fingerprint density at radius 3 is 2.66 bits per heavy atom. The molecule has 10 heteroatoms. The Balaban J connectivity index is 1.88. The van der Waals surface area contributed by atoms with Gasteiger partial charge in [-0.25, -0.2) is 5.43 Å². The number of hydrazone groups is 1. The summed E-state index contributed by atoms with van der Waals surface area (Å²) in [6.07, 6.45) is 1.45. The maximum atomic E-state index is 12.5. The van der Waals surface area contributed by atoms with Gasteiger partial charge in [0.05, 0.1) is 23.8 Å². The van der Waals surface area contributed by atoms with Gasteiger partial charge < -0.3 is 9.15 Å². The van der Waals surface area contributed by atoms with Crippen molar-refractivity contribution in [1.29, 1.82) is 5.26 Å². The second-order valence-electron chi connectivity index (χ2n) is 7.08. The first kappa shape index (κ1) is 22.3. The summed E-state index contributed by atoms with van der Waals surface area (Å²) in [5, 5.41) is 24.5. The molecule has 2 heterocycles. The molecule has 1 aromatic carbocycles. The molecular weight excluding hydrogens is 414 g/mol. The van der Waals surface area contributed by atoms with Crippen LogP contribution in [0, 0.1) is 49.1 Å². The van der Waals surface area contributed by atoms with Crippen LogP contribution in [0.25, 0.3) is 5.88 Å². The lowest BCUT2D eigenvalue weighted by molar-refractivity contribution is -0.384. The van der Waals surface area contributed by atoms with Crippen molar-refractivity contribution < 1.29 is 18.9 Å². The zero-order valence-electron chi connectivity index (χ0n) is 18.2. The Hall–Kier alpha value is -4.39. The third kappa shape index (κ3) is 3.96. The van der Waals surface area contributed by atoms with E-state index in [2.05, 4.69) is 16.6 Å². The number of rotatable bonds is 6. The maximum absolute atomic E-state index is 12.5. The molecule has 0 spiro atoms. The SMILES string of the molecule is COc1ccc([N+](=O)[O-])cc1C(=O)N/N=C\c1cc(C)n(-c2oc(C)c(C)c2C#N)c1C. The maximum Gasteiger partial charge on any atom is 0.275 e. The molecule has 2 aromatic heterocycles. The average molecular weight is 435 g/mol. The third-order valence-electron chi connectivity index (χ3n) is 5.16. The highest BCUT2D eigenvalue weighted by Gasteiger charge is 2.20. The molecule has 0 aliphatic rings. The van der Waals surface area contributed by atoms with E-state index in [-0.39, 0.29) is 17.0 Å². The second kappa shape index (κ2) is 8.77. The van der Waals surface area contributed by atoms with E-state index in [0.29, 0.717) is 22.8 Å². The van der Waals surface area contributed by atoms with Gasteiger partial charge >= 0.3 is 0 Å². The van der Waals surface area contributed by atoms with Crippen LogP contribution < -0.4 is 10.2 Å². The topological polar surface area (TPSA) is 136 Å². The monoisotopic (exact) mass is 435 g/mol. The molecule has 32 heavy (non-hydrogen) atoms. The van der Waals surface area contributed by atoms with Gasteiger partial charge in [-0.05, 0) is 39.8 Å². The average Bonchev–Trinajstić information content (AvgIpc) is 3.20. The zero-order chi connectivity index (χ0) is 23.6. The first-order valence-corrected chi connectivity index (χ1v) is 9.54. The Kier molecular flexibility index (Phi) is 6.11. The minimum atomic E-state index is -0.653. The molecule has 3 rings (SSSR count). The van der Waals surface area contributed by atoms with Crippen LogP contribution in [-0.2, 0) is 0 Å². The number of hydrogen-bond donors (Lipinski definition) is 1. The van der Waals surface area contributed by atoms with E-state index in [0.717, 1.165) is 23.0 Å². The Labute approximate surface area is 183 Å². The van der Waals surface area contributed by atoms with Crippen molar-refractivity contribution in [2.45, 2.75) is 27.7 Å². The number of aromatic nitrogens is 1. The highest BCUT2D eigenvalue weighted by Crippen LogP contribution is 2.28. The van der Waals surface area contributed by atoms with Gasteiger partial charge in [0.2, 0.25) is 5.88 Å². The number of nitrogens with zero attached hydrogens (tertiary/aromatic N) is 4. The first-order valence-electron chi connectivity index (χ1n) is 9.54. The van der Waals surface area contributed by atoms with Crippen LogP contribution in [0.1, 0.15) is 44.2 Å². The molecule has 1 amide bonds. The molecule has 0 saturated carbocycles. The molecule has 0 bridgehead atoms. The van der Waals surface area contributed by atoms with E-state index >= 15 is 0 Å². The minimum absolute atomic E-state index is 0.00970. The Bertz CT molecular complexity index is 1290. The van der Waals surface area contributed by atoms with E-state index in [1.165, 1.54) is 25.5 Å². The summed E-state index contributed by atoms with van der Waals surface area (Å²) in [5.74, 6) is 0.633. The number of methoxy groups -OCH3 is 1. The first-order chi connectivity index (χ1) is 15.2. The van der Waals surface area contributed by atoms with Crippen LogP contribution in [0.2, 0.25) is 0 Å². The molecule has 1 N–H and O–H groups in total. The minimum Gasteiger partial charge on any atom is -0.496 e. The standard InChI is InChI=1S/C22H21N5O5/c1-12-8-16(14(3)26(12)22-19(10-23)13(2)15(4)32-22)11-24-25-21(28)18-9-17(27(29)30)6-7-20(18)31-5/h6-9,11H,1-5H3,(H,25,28)/b24-11-. The fourth-order valence-corrected chi connectivity index (χ4v) is 3.34. The fourth-order valence-electron chi connectivity index (χ4n) is 3.34. The molecule has 0 radical (unpaired) electrons. The number of ether oxygens (including phenoxy) is 1. The summed E-state index contributed by atoms with van der Waals surface area (Å²) in [6, 6.07) is 7.75. The predicted molar refractivity (Wildman–Crippen MR) is 116 cm³/mol. The summed E-state index contributed by atoms with van der Waals surface area (Å²) >= 11 is 0. The van der Waals surface area contributed by atoms with Crippen molar-refractivity contribution in [2.75, 3.05) is 7.11 Å². The zero-order valence-corrected chi connectivity index (χ0v) is 18.2. The van der Waals surface area contributed by atoms with Gasteiger partial charge in [0, 0.05) is 34.6 Å². The quantitative estimate of drug-likeness (QED) is 0.355. The van der Waals surface area contributed by atoms with Crippen molar-refractivity contribution in [3.8, 4) is 17.7 Å². The smallest absolute Gasteiger partial charge is 0.275 e. The van der Waals surface area contributed by atoms with Crippen LogP contribution in [0.15, 0.2) is 33.8 Å². The number of nitro benzene ring substituents is 1. The van der Waals surface area contributed by atoms with Crippen molar-refractivity contribution in [3.63, 3.8) is 0 Å². The van der Waals surface area contributed by atoms with E-state index in [1.807, 2.05) is 31.4 Å². The number of aryl methyl sites for hydroxylation is 2. The molecule has 0 fully saturated rings. The van der Waals surface area contributed by atoms with Gasteiger partial charge in [0.15, 0.2) is 0 Å². The largest absolute Gasteiger partial charge is 0.496 e. The van der Waals surface area contributed by atoms with Gasteiger partial charge in [-0.15, -0.1) is 0 Å². The number of carbonyl (C=O) groups is 1. The highest BCUT2D eigenvalue weighted by molar-refractivity contribution is 5.98. The van der Waals surface area contributed by atoms with Gasteiger partial charge in [-0.1, -0.05) is 0 Å². The summed E-state index contributed by atoms with van der Waals surface area (Å²) in [7, 11) is 1.36. The number of furan rings is 1. The highest BCUT2D eigenvalue weighted by atomic mass is 16.6. The van der Waals surface area contributed by atoms with Crippen molar-refractivity contribution in [2.24, 2.45) is 5.10 Å². The molecule has 0 atom stereocenters. The van der Waals surface area contributed by atoms with Crippen molar-refractivity contribution >= 4 is 17.8 Å². The second-order valence-corrected chi connectivity index (χ2v) is 7.08.